The van der Waals surface area contributed by atoms with Gasteiger partial charge in [0.15, 0.2) is 11.5 Å². The molecule has 1 saturated heterocycles. The van der Waals surface area contributed by atoms with Crippen LogP contribution < -0.4 is 5.73 Å². The average Bonchev–Trinajstić information content (AvgIpc) is 3.35. The number of likely N-dealkylation sites (tertiary alicyclic amines) is 1. The molecule has 1 aliphatic rings. The minimum atomic E-state index is -4.45. The standard InChI is InChI=1S/C25H27F3N6/c1-3-5-16-6-4-7-17-8-10-19(30-21(16)17)23-32-31-20-11-9-18(14-34(20)23)22(25(26,27)28)33-13-12-24(2,29)15-33/h4,6-11,14,22H,3,5,12-13,15,29H2,1-2H3/t22-,24-/m1/s1. The van der Waals surface area contributed by atoms with Crippen molar-refractivity contribution >= 4 is 16.6 Å². The molecule has 0 spiro atoms. The second-order valence-corrected chi connectivity index (χ2v) is 9.47. The molecule has 1 aliphatic heterocycles. The van der Waals surface area contributed by atoms with Crippen LogP contribution in [0, 0.1) is 0 Å². The van der Waals surface area contributed by atoms with Gasteiger partial charge in [0, 0.05) is 30.2 Å². The van der Waals surface area contributed by atoms with Gasteiger partial charge in [-0.05, 0) is 43.0 Å². The van der Waals surface area contributed by atoms with Crippen LogP contribution in [0.15, 0.2) is 48.7 Å². The lowest BCUT2D eigenvalue weighted by atomic mass is 10.0. The predicted molar refractivity (Wildman–Crippen MR) is 125 cm³/mol. The monoisotopic (exact) mass is 468 g/mol. The summed E-state index contributed by atoms with van der Waals surface area (Å²) in [4.78, 5) is 6.25. The van der Waals surface area contributed by atoms with E-state index in [9.17, 15) is 13.2 Å². The Bertz CT molecular complexity index is 1340. The number of nitrogens with two attached hydrogens (primary N) is 1. The summed E-state index contributed by atoms with van der Waals surface area (Å²) in [5.74, 6) is 0.413. The predicted octanol–water partition coefficient (Wildman–Crippen LogP) is 4.92. The SMILES string of the molecule is CCCc1cccc2ccc(-c3nnc4ccc([C@@H](N5CC[C@@](C)(N)C5)C(F)(F)F)cn34)nc12. The molecule has 2 N–H and O–H groups in total. The fourth-order valence-electron chi connectivity index (χ4n) is 4.90. The number of nitrogens with zero attached hydrogens (tertiary/aromatic N) is 5. The third-order valence-electron chi connectivity index (χ3n) is 6.50. The van der Waals surface area contributed by atoms with E-state index >= 15 is 0 Å². The number of fused-ring (bicyclic) bond motifs is 2. The van der Waals surface area contributed by atoms with Crippen molar-refractivity contribution in [3.8, 4) is 11.5 Å². The number of pyridine rings is 2. The van der Waals surface area contributed by atoms with Crippen molar-refractivity contribution in [1.29, 1.82) is 0 Å². The Balaban J connectivity index is 1.60. The zero-order valence-corrected chi connectivity index (χ0v) is 19.2. The Hall–Kier alpha value is -3.04. The first-order valence-electron chi connectivity index (χ1n) is 11.5. The van der Waals surface area contributed by atoms with E-state index in [1.165, 1.54) is 17.2 Å². The van der Waals surface area contributed by atoms with Crippen LogP contribution in [0.5, 0.6) is 0 Å². The minimum absolute atomic E-state index is 0.131. The van der Waals surface area contributed by atoms with E-state index < -0.39 is 17.8 Å². The average molecular weight is 469 g/mol. The Morgan fingerprint density at radius 1 is 1.12 bits per heavy atom. The Kier molecular flexibility index (Phi) is 5.56. The molecule has 0 unspecified atom stereocenters. The number of halogens is 3. The van der Waals surface area contributed by atoms with Gasteiger partial charge in [-0.2, -0.15) is 13.2 Å². The van der Waals surface area contributed by atoms with Gasteiger partial charge in [0.1, 0.15) is 11.7 Å². The maximum atomic E-state index is 14.2. The van der Waals surface area contributed by atoms with Gasteiger partial charge in [0.25, 0.3) is 0 Å². The first-order chi connectivity index (χ1) is 16.2. The molecule has 0 amide bonds. The summed E-state index contributed by atoms with van der Waals surface area (Å²) in [6.07, 6.45) is -0.570. The smallest absolute Gasteiger partial charge is 0.324 e. The molecule has 0 radical (unpaired) electrons. The van der Waals surface area contributed by atoms with Gasteiger partial charge in [0.05, 0.1) is 5.52 Å². The summed E-state index contributed by atoms with van der Waals surface area (Å²) < 4.78 is 44.2. The zero-order valence-electron chi connectivity index (χ0n) is 19.2. The van der Waals surface area contributed by atoms with E-state index in [0.29, 0.717) is 23.6 Å². The quantitative estimate of drug-likeness (QED) is 0.450. The van der Waals surface area contributed by atoms with Crippen LogP contribution in [0.25, 0.3) is 28.1 Å². The summed E-state index contributed by atoms with van der Waals surface area (Å²) in [5, 5.41) is 9.46. The maximum Gasteiger partial charge on any atom is 0.408 e. The summed E-state index contributed by atoms with van der Waals surface area (Å²) in [6, 6.07) is 11.2. The molecule has 2 atom stereocenters. The highest BCUT2D eigenvalue weighted by Gasteiger charge is 2.48. The number of hydrogen-bond donors (Lipinski definition) is 1. The molecule has 0 saturated carbocycles. The molecule has 0 aliphatic carbocycles. The summed E-state index contributed by atoms with van der Waals surface area (Å²) >= 11 is 0. The number of rotatable bonds is 5. The lowest BCUT2D eigenvalue weighted by Crippen LogP contribution is -2.43. The molecule has 3 aromatic heterocycles. The van der Waals surface area contributed by atoms with Crippen molar-refractivity contribution in [1.82, 2.24) is 24.5 Å². The van der Waals surface area contributed by atoms with Gasteiger partial charge in [-0.3, -0.25) is 9.30 Å². The number of alkyl halides is 3. The fourth-order valence-corrected chi connectivity index (χ4v) is 4.90. The van der Waals surface area contributed by atoms with Crippen LogP contribution >= 0.6 is 0 Å². The van der Waals surface area contributed by atoms with Crippen LogP contribution in [0.3, 0.4) is 0 Å². The third kappa shape index (κ3) is 4.14. The third-order valence-corrected chi connectivity index (χ3v) is 6.50. The molecule has 5 rings (SSSR count). The van der Waals surface area contributed by atoms with Gasteiger partial charge in [-0.25, -0.2) is 4.98 Å². The first-order valence-corrected chi connectivity index (χ1v) is 11.5. The van der Waals surface area contributed by atoms with Gasteiger partial charge < -0.3 is 5.73 Å². The molecule has 34 heavy (non-hydrogen) atoms. The lowest BCUT2D eigenvalue weighted by molar-refractivity contribution is -0.184. The van der Waals surface area contributed by atoms with Crippen LogP contribution in [-0.2, 0) is 6.42 Å². The molecule has 9 heteroatoms. The molecule has 4 heterocycles. The second-order valence-electron chi connectivity index (χ2n) is 9.47. The topological polar surface area (TPSA) is 72.3 Å². The molecule has 4 aromatic rings. The largest absolute Gasteiger partial charge is 0.408 e. The first kappa shape index (κ1) is 22.7. The van der Waals surface area contributed by atoms with Crippen molar-refractivity contribution in [2.75, 3.05) is 13.1 Å². The summed E-state index contributed by atoms with van der Waals surface area (Å²) in [5.41, 5.74) is 8.67. The van der Waals surface area contributed by atoms with E-state index in [0.717, 1.165) is 29.3 Å². The molecule has 1 aromatic carbocycles. The molecular weight excluding hydrogens is 441 g/mol. The van der Waals surface area contributed by atoms with Crippen LogP contribution in [-0.4, -0.2) is 49.3 Å². The van der Waals surface area contributed by atoms with E-state index in [1.807, 2.05) is 24.3 Å². The molecule has 6 nitrogen and oxygen atoms in total. The number of hydrogen-bond acceptors (Lipinski definition) is 5. The second kappa shape index (κ2) is 8.32. The highest BCUT2D eigenvalue weighted by atomic mass is 19.4. The van der Waals surface area contributed by atoms with Crippen molar-refractivity contribution < 1.29 is 13.2 Å². The molecule has 0 bridgehead atoms. The minimum Gasteiger partial charge on any atom is -0.324 e. The van der Waals surface area contributed by atoms with Crippen molar-refractivity contribution in [2.24, 2.45) is 5.73 Å². The van der Waals surface area contributed by atoms with Crippen LogP contribution in [0.1, 0.15) is 43.9 Å². The normalized spacial score (nSPS) is 20.4. The number of benzene rings is 1. The van der Waals surface area contributed by atoms with Gasteiger partial charge in [0.2, 0.25) is 0 Å². The van der Waals surface area contributed by atoms with Crippen molar-refractivity contribution in [2.45, 2.75) is 50.9 Å². The van der Waals surface area contributed by atoms with Gasteiger partial charge >= 0.3 is 6.18 Å². The number of aryl methyl sites for hydroxylation is 1. The zero-order chi connectivity index (χ0) is 24.1. The Morgan fingerprint density at radius 3 is 2.65 bits per heavy atom. The maximum absolute atomic E-state index is 14.2. The number of para-hydroxylation sites is 1. The fraction of sp³-hybridized carbons (Fsp3) is 0.400. The molecule has 178 valence electrons. The van der Waals surface area contributed by atoms with Crippen molar-refractivity contribution in [3.63, 3.8) is 0 Å². The summed E-state index contributed by atoms with van der Waals surface area (Å²) in [7, 11) is 0. The van der Waals surface area contributed by atoms with Crippen LogP contribution in [0.4, 0.5) is 13.2 Å². The van der Waals surface area contributed by atoms with E-state index in [2.05, 4.69) is 23.2 Å². The van der Waals surface area contributed by atoms with E-state index in [4.69, 9.17) is 10.7 Å². The van der Waals surface area contributed by atoms with Gasteiger partial charge in [-0.1, -0.05) is 43.7 Å². The molecule has 1 fully saturated rings. The highest BCUT2D eigenvalue weighted by Crippen LogP contribution is 2.41. The van der Waals surface area contributed by atoms with Gasteiger partial charge in [-0.15, -0.1) is 10.2 Å². The highest BCUT2D eigenvalue weighted by molar-refractivity contribution is 5.84. The number of aromatic nitrogens is 4. The van der Waals surface area contributed by atoms with E-state index in [-0.39, 0.29) is 18.7 Å². The lowest BCUT2D eigenvalue weighted by Gasteiger charge is -2.31. The summed E-state index contributed by atoms with van der Waals surface area (Å²) in [6.45, 7) is 4.37. The molecular formula is C25H27F3N6. The Morgan fingerprint density at radius 2 is 1.94 bits per heavy atom. The van der Waals surface area contributed by atoms with Crippen LogP contribution in [0.2, 0.25) is 0 Å². The Labute approximate surface area is 195 Å². The van der Waals surface area contributed by atoms with E-state index in [1.54, 1.807) is 17.4 Å². The van der Waals surface area contributed by atoms with Crippen molar-refractivity contribution in [3.05, 3.63) is 59.8 Å².